The first-order valence-electron chi connectivity index (χ1n) is 5.07. The number of carboxylic acid groups (broad SMARTS) is 1. The fourth-order valence-electron chi connectivity index (χ4n) is 1.24. The fraction of sp³-hybridized carbons (Fsp3) is 0.364. The molecule has 0 bridgehead atoms. The Morgan fingerprint density at radius 1 is 1.56 bits per heavy atom. The molecule has 1 aromatic carbocycles. The average molecular weight is 224 g/mol. The van der Waals surface area contributed by atoms with Crippen molar-refractivity contribution in [3.63, 3.8) is 0 Å². The number of carbonyl (C=O) groups is 1. The first kappa shape index (κ1) is 12.3. The predicted molar refractivity (Wildman–Crippen MR) is 62.1 cm³/mol. The van der Waals surface area contributed by atoms with E-state index in [0.29, 0.717) is 25.3 Å². The lowest BCUT2D eigenvalue weighted by atomic mass is 10.2. The number of aromatic carboxylic acids is 1. The molecule has 0 saturated heterocycles. The van der Waals surface area contributed by atoms with Gasteiger partial charge in [0.05, 0.1) is 6.61 Å². The van der Waals surface area contributed by atoms with Gasteiger partial charge < -0.3 is 20.9 Å². The summed E-state index contributed by atoms with van der Waals surface area (Å²) < 4.78 is 5.38. The highest BCUT2D eigenvalue weighted by Gasteiger charge is 2.11. The second-order valence-electron chi connectivity index (χ2n) is 3.26. The van der Waals surface area contributed by atoms with E-state index in [9.17, 15) is 4.79 Å². The van der Waals surface area contributed by atoms with Crippen LogP contribution in [-0.4, -0.2) is 31.3 Å². The van der Waals surface area contributed by atoms with Gasteiger partial charge in [-0.25, -0.2) is 4.79 Å². The lowest BCUT2D eigenvalue weighted by Crippen LogP contribution is -2.09. The van der Waals surface area contributed by atoms with Crippen molar-refractivity contribution in [3.8, 4) is 5.75 Å². The Labute approximate surface area is 94.2 Å². The summed E-state index contributed by atoms with van der Waals surface area (Å²) in [5.74, 6) is -0.627. The van der Waals surface area contributed by atoms with E-state index in [-0.39, 0.29) is 5.56 Å². The second-order valence-corrected chi connectivity index (χ2v) is 3.26. The number of benzene rings is 1. The molecule has 5 heteroatoms. The number of hydrogen-bond donors (Lipinski definition) is 3. The molecule has 0 amide bonds. The van der Waals surface area contributed by atoms with E-state index >= 15 is 0 Å². The van der Waals surface area contributed by atoms with Gasteiger partial charge in [-0.1, -0.05) is 0 Å². The zero-order chi connectivity index (χ0) is 12.0. The summed E-state index contributed by atoms with van der Waals surface area (Å²) in [5, 5.41) is 11.9. The number of nitrogens with two attached hydrogens (primary N) is 1. The van der Waals surface area contributed by atoms with Gasteiger partial charge in [0.1, 0.15) is 11.3 Å². The van der Waals surface area contributed by atoms with E-state index in [2.05, 4.69) is 5.32 Å². The molecule has 0 unspecified atom stereocenters. The molecule has 16 heavy (non-hydrogen) atoms. The maximum absolute atomic E-state index is 10.9. The third kappa shape index (κ3) is 3.13. The third-order valence-corrected chi connectivity index (χ3v) is 2.11. The molecule has 88 valence electrons. The van der Waals surface area contributed by atoms with Crippen LogP contribution in [0.1, 0.15) is 16.8 Å². The van der Waals surface area contributed by atoms with Gasteiger partial charge in [-0.05, 0) is 25.1 Å². The maximum atomic E-state index is 10.9. The number of carboxylic acids is 1. The standard InChI is InChI=1S/C11H16N2O3/c1-13-8-3-4-9(11(14)15)10(7-8)16-6-2-5-12/h3-4,7,13H,2,5-6,12H2,1H3,(H,14,15). The van der Waals surface area contributed by atoms with Crippen LogP contribution in [-0.2, 0) is 0 Å². The van der Waals surface area contributed by atoms with Crippen molar-refractivity contribution in [2.75, 3.05) is 25.5 Å². The molecule has 5 nitrogen and oxygen atoms in total. The van der Waals surface area contributed by atoms with E-state index in [1.807, 2.05) is 0 Å². The molecule has 0 radical (unpaired) electrons. The van der Waals surface area contributed by atoms with Crippen molar-refractivity contribution in [2.24, 2.45) is 5.73 Å². The minimum Gasteiger partial charge on any atom is -0.493 e. The SMILES string of the molecule is CNc1ccc(C(=O)O)c(OCCCN)c1. The molecule has 1 rings (SSSR count). The van der Waals surface area contributed by atoms with Crippen molar-refractivity contribution in [1.82, 2.24) is 0 Å². The van der Waals surface area contributed by atoms with Crippen LogP contribution < -0.4 is 15.8 Å². The first-order chi connectivity index (χ1) is 7.69. The smallest absolute Gasteiger partial charge is 0.339 e. The van der Waals surface area contributed by atoms with E-state index in [1.165, 1.54) is 6.07 Å². The lowest BCUT2D eigenvalue weighted by Gasteiger charge is -2.10. The molecular formula is C11H16N2O3. The fourth-order valence-corrected chi connectivity index (χ4v) is 1.24. The molecule has 0 aromatic heterocycles. The van der Waals surface area contributed by atoms with E-state index in [0.717, 1.165) is 5.69 Å². The molecule has 0 saturated carbocycles. The highest BCUT2D eigenvalue weighted by atomic mass is 16.5. The monoisotopic (exact) mass is 224 g/mol. The topological polar surface area (TPSA) is 84.6 Å². The molecule has 0 fully saturated rings. The quantitative estimate of drug-likeness (QED) is 0.631. The molecule has 4 N–H and O–H groups in total. The van der Waals surface area contributed by atoms with E-state index in [1.54, 1.807) is 19.2 Å². The van der Waals surface area contributed by atoms with Crippen molar-refractivity contribution in [3.05, 3.63) is 23.8 Å². The predicted octanol–water partition coefficient (Wildman–Crippen LogP) is 1.15. The summed E-state index contributed by atoms with van der Waals surface area (Å²) in [6.07, 6.45) is 0.697. The second kappa shape index (κ2) is 5.97. The van der Waals surface area contributed by atoms with Crippen LogP contribution in [0.15, 0.2) is 18.2 Å². The van der Waals surface area contributed by atoms with Gasteiger partial charge in [0.15, 0.2) is 0 Å². The van der Waals surface area contributed by atoms with Crippen LogP contribution >= 0.6 is 0 Å². The molecule has 0 heterocycles. The Morgan fingerprint density at radius 3 is 2.88 bits per heavy atom. The summed E-state index contributed by atoms with van der Waals surface area (Å²) in [6.45, 7) is 0.943. The molecule has 0 aliphatic carbocycles. The Balaban J connectivity index is 2.87. The van der Waals surface area contributed by atoms with Crippen molar-refractivity contribution >= 4 is 11.7 Å². The zero-order valence-electron chi connectivity index (χ0n) is 9.19. The summed E-state index contributed by atoms with van der Waals surface area (Å²) in [4.78, 5) is 10.9. The van der Waals surface area contributed by atoms with Gasteiger partial charge >= 0.3 is 5.97 Å². The van der Waals surface area contributed by atoms with Gasteiger partial charge in [-0.3, -0.25) is 0 Å². The number of nitrogens with one attached hydrogen (secondary N) is 1. The average Bonchev–Trinajstić information content (AvgIpc) is 2.29. The van der Waals surface area contributed by atoms with Gasteiger partial charge in [-0.15, -0.1) is 0 Å². The lowest BCUT2D eigenvalue weighted by molar-refractivity contribution is 0.0692. The Hall–Kier alpha value is -1.75. The van der Waals surface area contributed by atoms with Crippen molar-refractivity contribution < 1.29 is 14.6 Å². The maximum Gasteiger partial charge on any atom is 0.339 e. The minimum absolute atomic E-state index is 0.163. The van der Waals surface area contributed by atoms with Crippen LogP contribution in [0.2, 0.25) is 0 Å². The number of hydrogen-bond acceptors (Lipinski definition) is 4. The third-order valence-electron chi connectivity index (χ3n) is 2.11. The Morgan fingerprint density at radius 2 is 2.31 bits per heavy atom. The number of rotatable bonds is 6. The summed E-state index contributed by atoms with van der Waals surface area (Å²) >= 11 is 0. The summed E-state index contributed by atoms with van der Waals surface area (Å²) in [5.41, 5.74) is 6.31. The summed E-state index contributed by atoms with van der Waals surface area (Å²) in [6, 6.07) is 4.88. The highest BCUT2D eigenvalue weighted by Crippen LogP contribution is 2.23. The Kier molecular flexibility index (Phi) is 4.60. The largest absolute Gasteiger partial charge is 0.493 e. The molecule has 0 atom stereocenters. The van der Waals surface area contributed by atoms with Crippen LogP contribution in [0.5, 0.6) is 5.75 Å². The number of anilines is 1. The van der Waals surface area contributed by atoms with Crippen molar-refractivity contribution in [2.45, 2.75) is 6.42 Å². The summed E-state index contributed by atoms with van der Waals surface area (Å²) in [7, 11) is 1.76. The van der Waals surface area contributed by atoms with E-state index < -0.39 is 5.97 Å². The highest BCUT2D eigenvalue weighted by molar-refractivity contribution is 5.91. The molecular weight excluding hydrogens is 208 g/mol. The molecule has 1 aromatic rings. The van der Waals surface area contributed by atoms with Crippen molar-refractivity contribution in [1.29, 1.82) is 0 Å². The minimum atomic E-state index is -0.995. The van der Waals surface area contributed by atoms with Gasteiger partial charge in [0, 0.05) is 18.8 Å². The van der Waals surface area contributed by atoms with Crippen LogP contribution in [0.3, 0.4) is 0 Å². The van der Waals surface area contributed by atoms with Gasteiger partial charge in [-0.2, -0.15) is 0 Å². The van der Waals surface area contributed by atoms with Crippen LogP contribution in [0, 0.1) is 0 Å². The van der Waals surface area contributed by atoms with Crippen LogP contribution in [0.4, 0.5) is 5.69 Å². The van der Waals surface area contributed by atoms with Gasteiger partial charge in [0.2, 0.25) is 0 Å². The van der Waals surface area contributed by atoms with Crippen LogP contribution in [0.25, 0.3) is 0 Å². The normalized spacial score (nSPS) is 9.88. The number of ether oxygens (including phenoxy) is 1. The molecule has 0 aliphatic rings. The van der Waals surface area contributed by atoms with Gasteiger partial charge in [0.25, 0.3) is 0 Å². The van der Waals surface area contributed by atoms with E-state index in [4.69, 9.17) is 15.6 Å². The zero-order valence-corrected chi connectivity index (χ0v) is 9.19. The molecule has 0 aliphatic heterocycles. The molecule has 0 spiro atoms. The first-order valence-corrected chi connectivity index (χ1v) is 5.07. The Bertz CT molecular complexity index is 366.